The van der Waals surface area contributed by atoms with Crippen molar-refractivity contribution < 1.29 is 26.8 Å². The Labute approximate surface area is 122 Å². The van der Waals surface area contributed by atoms with Crippen LogP contribution < -0.4 is 17.3 Å². The third-order valence-corrected chi connectivity index (χ3v) is 4.19. The topological polar surface area (TPSA) is 30.7 Å². The molecular weight excluding hydrogens is 262 g/mol. The van der Waals surface area contributed by atoms with Gasteiger partial charge >= 0.3 is 5.97 Å². The van der Waals surface area contributed by atoms with Crippen LogP contribution in [-0.2, 0) is 9.53 Å². The van der Waals surface area contributed by atoms with E-state index in [-0.39, 0.29) is 24.3 Å². The van der Waals surface area contributed by atoms with E-state index >= 15 is 0 Å². The first-order valence-electron chi connectivity index (χ1n) is 7.11. The molecule has 0 aromatic rings. The molecule has 1 fully saturated rings. The van der Waals surface area contributed by atoms with E-state index in [0.29, 0.717) is 18.4 Å². The molecule has 3 unspecified atom stereocenters. The Morgan fingerprint density at radius 1 is 1.32 bits per heavy atom. The van der Waals surface area contributed by atoms with Crippen molar-refractivity contribution in [3.8, 4) is 0 Å². The fraction of sp³-hybridized carbons (Fsp3) is 0.667. The Balaban J connectivity index is 0.00000180. The smallest absolute Gasteiger partial charge is 0.310 e. The first-order valence-corrected chi connectivity index (χ1v) is 7.11. The molecule has 0 saturated heterocycles. The number of nitrogens with one attached hydrogen (secondary N) is 1. The first kappa shape index (κ1) is 16.3. The van der Waals surface area contributed by atoms with Crippen LogP contribution in [0.1, 0.15) is 20.3 Å². The molecule has 1 saturated carbocycles. The average Bonchev–Trinajstić information content (AvgIpc) is 3.09. The van der Waals surface area contributed by atoms with E-state index in [1.165, 1.54) is 4.90 Å². The number of halogens is 1. The van der Waals surface area contributed by atoms with Crippen LogP contribution in [0, 0.1) is 17.8 Å². The van der Waals surface area contributed by atoms with Crippen LogP contribution in [0.4, 0.5) is 0 Å². The maximum Gasteiger partial charge on any atom is 0.310 e. The van der Waals surface area contributed by atoms with Gasteiger partial charge in [-0.05, 0) is 32.1 Å². The molecule has 0 radical (unpaired) electrons. The fourth-order valence-corrected chi connectivity index (χ4v) is 2.80. The van der Waals surface area contributed by atoms with E-state index in [0.717, 1.165) is 26.1 Å². The summed E-state index contributed by atoms with van der Waals surface area (Å²) < 4.78 is 5.42. The Morgan fingerprint density at radius 3 is 2.74 bits per heavy atom. The van der Waals surface area contributed by atoms with Crippen molar-refractivity contribution in [1.29, 1.82) is 0 Å². The minimum atomic E-state index is 0. The molecule has 4 heteroatoms. The number of allylic oxidation sites excluding steroid dienone is 4. The molecule has 0 bridgehead atoms. The number of quaternary nitrogens is 1. The number of carbonyl (C=O) groups excluding carboxylic acids is 1. The molecular formula is C15H24ClNO2. The molecule has 0 aromatic heterocycles. The highest BCUT2D eigenvalue weighted by Crippen LogP contribution is 2.51. The number of carbonyl (C=O) groups is 1. The molecule has 3 atom stereocenters. The van der Waals surface area contributed by atoms with Crippen LogP contribution in [0.25, 0.3) is 0 Å². The molecule has 2 aliphatic rings. The number of likely N-dealkylation sites (N-methyl/N-ethyl adjacent to an activating group) is 1. The van der Waals surface area contributed by atoms with E-state index in [1.807, 2.05) is 0 Å². The molecule has 0 heterocycles. The summed E-state index contributed by atoms with van der Waals surface area (Å²) in [7, 11) is 0. The highest BCUT2D eigenvalue weighted by atomic mass is 35.5. The third kappa shape index (κ3) is 4.08. The summed E-state index contributed by atoms with van der Waals surface area (Å²) >= 11 is 0. The lowest BCUT2D eigenvalue weighted by Crippen LogP contribution is -3.11. The Kier molecular flexibility index (Phi) is 6.59. The molecule has 0 spiro atoms. The second kappa shape index (κ2) is 7.71. The summed E-state index contributed by atoms with van der Waals surface area (Å²) in [6.07, 6.45) is 9.43. The van der Waals surface area contributed by atoms with Gasteiger partial charge < -0.3 is 22.0 Å². The van der Waals surface area contributed by atoms with Gasteiger partial charge in [-0.15, -0.1) is 0 Å². The largest absolute Gasteiger partial charge is 1.00 e. The van der Waals surface area contributed by atoms with Crippen LogP contribution >= 0.6 is 0 Å². The zero-order chi connectivity index (χ0) is 13.0. The molecule has 108 valence electrons. The summed E-state index contributed by atoms with van der Waals surface area (Å²) in [5.74, 6) is 1.05. The van der Waals surface area contributed by atoms with Crippen molar-refractivity contribution in [3.05, 3.63) is 24.3 Å². The lowest BCUT2D eigenvalue weighted by atomic mass is 10.2. The molecule has 0 amide bonds. The predicted octanol–water partition coefficient (Wildman–Crippen LogP) is -2.16. The summed E-state index contributed by atoms with van der Waals surface area (Å²) in [5, 5.41) is 0. The van der Waals surface area contributed by atoms with Gasteiger partial charge in [0, 0.05) is 0 Å². The zero-order valence-electron chi connectivity index (χ0n) is 11.8. The van der Waals surface area contributed by atoms with Gasteiger partial charge in [0.1, 0.15) is 13.2 Å². The summed E-state index contributed by atoms with van der Waals surface area (Å²) in [5.41, 5.74) is 0. The molecule has 2 rings (SSSR count). The molecule has 19 heavy (non-hydrogen) atoms. The van der Waals surface area contributed by atoms with Crippen molar-refractivity contribution in [2.24, 2.45) is 17.8 Å². The van der Waals surface area contributed by atoms with Gasteiger partial charge in [-0.3, -0.25) is 4.79 Å². The van der Waals surface area contributed by atoms with Crippen molar-refractivity contribution in [1.82, 2.24) is 0 Å². The van der Waals surface area contributed by atoms with E-state index in [4.69, 9.17) is 4.74 Å². The van der Waals surface area contributed by atoms with E-state index in [1.54, 1.807) is 0 Å². The first-order chi connectivity index (χ1) is 8.77. The molecule has 0 aromatic carbocycles. The Hall–Kier alpha value is -0.800. The highest BCUT2D eigenvalue weighted by Gasteiger charge is 2.53. The summed E-state index contributed by atoms with van der Waals surface area (Å²) in [6, 6.07) is 0. The fourth-order valence-electron chi connectivity index (χ4n) is 2.80. The highest BCUT2D eigenvalue weighted by molar-refractivity contribution is 5.77. The minimum Gasteiger partial charge on any atom is -1.00 e. The van der Waals surface area contributed by atoms with Crippen molar-refractivity contribution in [2.75, 3.05) is 26.2 Å². The van der Waals surface area contributed by atoms with E-state index < -0.39 is 0 Å². The van der Waals surface area contributed by atoms with Crippen LogP contribution in [0.5, 0.6) is 0 Å². The van der Waals surface area contributed by atoms with E-state index in [9.17, 15) is 4.79 Å². The van der Waals surface area contributed by atoms with Gasteiger partial charge in [-0.1, -0.05) is 24.3 Å². The predicted molar refractivity (Wildman–Crippen MR) is 71.2 cm³/mol. The lowest BCUT2D eigenvalue weighted by Gasteiger charge is -2.15. The molecule has 2 aliphatic carbocycles. The number of rotatable bonds is 6. The molecule has 3 nitrogen and oxygen atoms in total. The number of esters is 1. The normalized spacial score (nSPS) is 27.4. The monoisotopic (exact) mass is 285 g/mol. The molecule has 1 N–H and O–H groups in total. The van der Waals surface area contributed by atoms with Crippen molar-refractivity contribution in [3.63, 3.8) is 0 Å². The third-order valence-electron chi connectivity index (χ3n) is 4.19. The summed E-state index contributed by atoms with van der Waals surface area (Å²) in [4.78, 5) is 13.4. The maximum atomic E-state index is 12.0. The summed E-state index contributed by atoms with van der Waals surface area (Å²) in [6.45, 7) is 8.00. The van der Waals surface area contributed by atoms with Crippen LogP contribution in [-0.4, -0.2) is 32.2 Å². The molecule has 0 aliphatic heterocycles. The van der Waals surface area contributed by atoms with Crippen molar-refractivity contribution in [2.45, 2.75) is 20.3 Å². The number of fused-ring (bicyclic) bond motifs is 1. The standard InChI is InChI=1S/C15H23NO2.ClH/c1-3-16(4-2)10-11-18-15(17)14-12-8-6-5-7-9-13(12)14;/h5-8,12-14H,3-4,9-11H2,1-2H3;1H. The van der Waals surface area contributed by atoms with Gasteiger partial charge in [-0.2, -0.15) is 0 Å². The second-order valence-electron chi connectivity index (χ2n) is 5.19. The number of hydrogen-bond donors (Lipinski definition) is 1. The second-order valence-corrected chi connectivity index (χ2v) is 5.19. The van der Waals surface area contributed by atoms with Gasteiger partial charge in [0.15, 0.2) is 0 Å². The van der Waals surface area contributed by atoms with Gasteiger partial charge in [0.2, 0.25) is 0 Å². The average molecular weight is 286 g/mol. The van der Waals surface area contributed by atoms with Crippen molar-refractivity contribution >= 4 is 5.97 Å². The van der Waals surface area contributed by atoms with Gasteiger partial charge in [0.05, 0.1) is 19.0 Å². The van der Waals surface area contributed by atoms with Gasteiger partial charge in [-0.25, -0.2) is 0 Å². The SMILES string of the molecule is CC[NH+](CC)CCOC(=O)C1C2C=CC=CCC21.[Cl-]. The van der Waals surface area contributed by atoms with E-state index in [2.05, 4.69) is 38.2 Å². The van der Waals surface area contributed by atoms with Crippen LogP contribution in [0.2, 0.25) is 0 Å². The van der Waals surface area contributed by atoms with Crippen LogP contribution in [0.3, 0.4) is 0 Å². The quantitative estimate of drug-likeness (QED) is 0.564. The lowest BCUT2D eigenvalue weighted by molar-refractivity contribution is -0.896. The minimum absolute atomic E-state index is 0. The zero-order valence-corrected chi connectivity index (χ0v) is 12.5. The van der Waals surface area contributed by atoms with Gasteiger partial charge in [0.25, 0.3) is 0 Å². The maximum absolute atomic E-state index is 12.0. The number of hydrogen-bond acceptors (Lipinski definition) is 2. The Bertz CT molecular complexity index is 350. The van der Waals surface area contributed by atoms with Crippen LogP contribution in [0.15, 0.2) is 24.3 Å². The Morgan fingerprint density at radius 2 is 2.05 bits per heavy atom. The number of ether oxygens (including phenoxy) is 1.